The van der Waals surface area contributed by atoms with Crippen molar-refractivity contribution in [2.24, 2.45) is 0 Å². The van der Waals surface area contributed by atoms with Crippen molar-refractivity contribution in [3.05, 3.63) is 96.2 Å². The molecule has 2 atom stereocenters. The molecule has 5 rings (SSSR count). The van der Waals surface area contributed by atoms with Gasteiger partial charge in [0, 0.05) is 54.5 Å². The fraction of sp³-hybridized carbons (Fsp3) is 0.250. The smallest absolute Gasteiger partial charge is 0.187 e. The highest BCUT2D eigenvalue weighted by molar-refractivity contribution is 5.95. The number of anilines is 1. The number of methoxy groups -OCH3 is 1. The van der Waals surface area contributed by atoms with Crippen molar-refractivity contribution in [3.8, 4) is 5.75 Å². The number of piperazine rings is 1. The summed E-state index contributed by atoms with van der Waals surface area (Å²) in [5.74, 6) is 0.518. The molecule has 0 aliphatic carbocycles. The normalized spacial score (nSPS) is 16.4. The Balaban J connectivity index is 1.43. The lowest BCUT2D eigenvalue weighted by Gasteiger charge is -2.40. The fourth-order valence-corrected chi connectivity index (χ4v) is 4.84. The molecule has 0 amide bonds. The molecule has 0 radical (unpaired) electrons. The Morgan fingerprint density at radius 1 is 0.912 bits per heavy atom. The summed E-state index contributed by atoms with van der Waals surface area (Å²) in [5.41, 5.74) is 3.56. The molecule has 2 N–H and O–H groups in total. The Bertz CT molecular complexity index is 1240. The third kappa shape index (κ3) is 4.30. The highest BCUT2D eigenvalue weighted by atomic mass is 16.5. The highest BCUT2D eigenvalue weighted by Gasteiger charge is 2.35. The zero-order chi connectivity index (χ0) is 23.5. The summed E-state index contributed by atoms with van der Waals surface area (Å²) in [7, 11) is 1.63. The second-order valence-corrected chi connectivity index (χ2v) is 8.63. The van der Waals surface area contributed by atoms with Crippen LogP contribution in [0.15, 0.2) is 85.1 Å². The number of ether oxygens (including phenoxy) is 1. The standard InChI is InChI=1S/C28H29N3O3/c1-34-22-13-11-20(12-14-22)26(31-17-15-30(16-18-31)21-7-3-2-4-8-21)28(33)27(32)24-19-29-25-10-6-5-9-23(24)25/h2-14,19,26-27,29,32H,15-18H2,1H3. The van der Waals surface area contributed by atoms with Gasteiger partial charge in [0.05, 0.1) is 13.2 Å². The van der Waals surface area contributed by atoms with Gasteiger partial charge in [0.2, 0.25) is 0 Å². The minimum Gasteiger partial charge on any atom is -0.497 e. The van der Waals surface area contributed by atoms with E-state index in [2.05, 4.69) is 26.9 Å². The van der Waals surface area contributed by atoms with E-state index >= 15 is 0 Å². The van der Waals surface area contributed by atoms with Crippen LogP contribution in [0.1, 0.15) is 23.3 Å². The molecule has 1 saturated heterocycles. The number of benzene rings is 3. The summed E-state index contributed by atoms with van der Waals surface area (Å²) in [6.45, 7) is 3.07. The Labute approximate surface area is 199 Å². The molecule has 1 aromatic heterocycles. The lowest BCUT2D eigenvalue weighted by molar-refractivity contribution is -0.133. The molecule has 2 heterocycles. The molecule has 4 aromatic rings. The zero-order valence-electron chi connectivity index (χ0n) is 19.2. The number of nitrogens with one attached hydrogen (secondary N) is 1. The lowest BCUT2D eigenvalue weighted by Crippen LogP contribution is -2.50. The molecule has 1 aliphatic heterocycles. The van der Waals surface area contributed by atoms with E-state index in [1.807, 2.05) is 66.7 Å². The van der Waals surface area contributed by atoms with Crippen molar-refractivity contribution < 1.29 is 14.6 Å². The maximum absolute atomic E-state index is 13.8. The number of carbonyl (C=O) groups is 1. The van der Waals surface area contributed by atoms with Crippen LogP contribution in [0.5, 0.6) is 5.75 Å². The van der Waals surface area contributed by atoms with Gasteiger partial charge in [-0.25, -0.2) is 0 Å². The van der Waals surface area contributed by atoms with E-state index in [1.54, 1.807) is 13.3 Å². The number of rotatable bonds is 7. The topological polar surface area (TPSA) is 68.8 Å². The third-order valence-electron chi connectivity index (χ3n) is 6.69. The lowest BCUT2D eigenvalue weighted by atomic mass is 9.93. The van der Waals surface area contributed by atoms with Crippen LogP contribution in [-0.2, 0) is 4.79 Å². The van der Waals surface area contributed by atoms with Gasteiger partial charge in [-0.1, -0.05) is 48.5 Å². The summed E-state index contributed by atoms with van der Waals surface area (Å²) in [6, 6.07) is 25.1. The van der Waals surface area contributed by atoms with Gasteiger partial charge in [0.25, 0.3) is 0 Å². The molecule has 2 unspecified atom stereocenters. The van der Waals surface area contributed by atoms with Crippen LogP contribution in [-0.4, -0.2) is 54.1 Å². The first kappa shape index (κ1) is 22.2. The number of para-hydroxylation sites is 2. The number of fused-ring (bicyclic) bond motifs is 1. The Morgan fingerprint density at radius 2 is 1.59 bits per heavy atom. The molecular formula is C28H29N3O3. The molecule has 0 bridgehead atoms. The van der Waals surface area contributed by atoms with Gasteiger partial charge in [-0.15, -0.1) is 0 Å². The highest BCUT2D eigenvalue weighted by Crippen LogP contribution is 2.33. The number of Topliss-reactive ketones (excluding diaryl/α,β-unsaturated/α-hetero) is 1. The summed E-state index contributed by atoms with van der Waals surface area (Å²) >= 11 is 0. The average Bonchev–Trinajstić information content (AvgIpc) is 3.34. The molecule has 0 spiro atoms. The predicted molar refractivity (Wildman–Crippen MR) is 134 cm³/mol. The van der Waals surface area contributed by atoms with E-state index < -0.39 is 12.1 Å². The second-order valence-electron chi connectivity index (χ2n) is 8.63. The number of aromatic amines is 1. The summed E-state index contributed by atoms with van der Waals surface area (Å²) in [6.07, 6.45) is 0.515. The van der Waals surface area contributed by atoms with Gasteiger partial charge in [-0.2, -0.15) is 0 Å². The van der Waals surface area contributed by atoms with E-state index in [1.165, 1.54) is 5.69 Å². The van der Waals surface area contributed by atoms with Gasteiger partial charge >= 0.3 is 0 Å². The van der Waals surface area contributed by atoms with Crippen LogP contribution in [0.4, 0.5) is 5.69 Å². The zero-order valence-corrected chi connectivity index (χ0v) is 19.2. The minimum atomic E-state index is -1.23. The fourth-order valence-electron chi connectivity index (χ4n) is 4.84. The number of ketones is 1. The molecular weight excluding hydrogens is 426 g/mol. The molecule has 174 valence electrons. The van der Waals surface area contributed by atoms with Gasteiger partial charge in [0.1, 0.15) is 11.9 Å². The average molecular weight is 456 g/mol. The van der Waals surface area contributed by atoms with Crippen molar-refractivity contribution in [1.82, 2.24) is 9.88 Å². The van der Waals surface area contributed by atoms with Gasteiger partial charge in [0.15, 0.2) is 5.78 Å². The van der Waals surface area contributed by atoms with E-state index in [0.717, 1.165) is 48.4 Å². The molecule has 3 aromatic carbocycles. The van der Waals surface area contributed by atoms with E-state index in [0.29, 0.717) is 5.56 Å². The first-order valence-corrected chi connectivity index (χ1v) is 11.6. The number of aliphatic hydroxyl groups is 1. The number of hydrogen-bond acceptors (Lipinski definition) is 5. The van der Waals surface area contributed by atoms with Gasteiger partial charge in [-0.05, 0) is 35.9 Å². The quantitative estimate of drug-likeness (QED) is 0.434. The molecule has 6 heteroatoms. The first-order chi connectivity index (χ1) is 16.7. The van der Waals surface area contributed by atoms with Crippen LogP contribution in [0.2, 0.25) is 0 Å². The van der Waals surface area contributed by atoms with Crippen molar-refractivity contribution in [1.29, 1.82) is 0 Å². The summed E-state index contributed by atoms with van der Waals surface area (Å²) < 4.78 is 5.31. The van der Waals surface area contributed by atoms with Gasteiger partial charge < -0.3 is 19.7 Å². The number of hydrogen-bond donors (Lipinski definition) is 2. The van der Waals surface area contributed by atoms with Crippen molar-refractivity contribution >= 4 is 22.4 Å². The number of nitrogens with zero attached hydrogens (tertiary/aromatic N) is 2. The van der Waals surface area contributed by atoms with Crippen LogP contribution in [0.3, 0.4) is 0 Å². The Morgan fingerprint density at radius 3 is 2.29 bits per heavy atom. The summed E-state index contributed by atoms with van der Waals surface area (Å²) in [5, 5.41) is 12.1. The number of aliphatic hydroxyl groups excluding tert-OH is 1. The van der Waals surface area contributed by atoms with Gasteiger partial charge in [-0.3, -0.25) is 9.69 Å². The van der Waals surface area contributed by atoms with Crippen molar-refractivity contribution in [2.75, 3.05) is 38.2 Å². The van der Waals surface area contributed by atoms with E-state index in [4.69, 9.17) is 4.74 Å². The molecule has 6 nitrogen and oxygen atoms in total. The first-order valence-electron chi connectivity index (χ1n) is 11.6. The summed E-state index contributed by atoms with van der Waals surface area (Å²) in [4.78, 5) is 21.5. The maximum atomic E-state index is 13.8. The number of aromatic nitrogens is 1. The Hall–Kier alpha value is -3.61. The van der Waals surface area contributed by atoms with Crippen molar-refractivity contribution in [3.63, 3.8) is 0 Å². The molecule has 0 saturated carbocycles. The predicted octanol–water partition coefficient (Wildman–Crippen LogP) is 4.34. The monoisotopic (exact) mass is 455 g/mol. The molecule has 1 fully saturated rings. The van der Waals surface area contributed by atoms with Crippen LogP contribution < -0.4 is 9.64 Å². The number of carbonyl (C=O) groups excluding carboxylic acids is 1. The minimum absolute atomic E-state index is 0.219. The van der Waals surface area contributed by atoms with Crippen LogP contribution in [0, 0.1) is 0 Å². The van der Waals surface area contributed by atoms with E-state index in [-0.39, 0.29) is 5.78 Å². The molecule has 34 heavy (non-hydrogen) atoms. The third-order valence-corrected chi connectivity index (χ3v) is 6.69. The van der Waals surface area contributed by atoms with Crippen LogP contribution in [0.25, 0.3) is 10.9 Å². The van der Waals surface area contributed by atoms with E-state index in [9.17, 15) is 9.90 Å². The largest absolute Gasteiger partial charge is 0.497 e. The number of H-pyrrole nitrogens is 1. The SMILES string of the molecule is COc1ccc(C(C(=O)C(O)c2c[nH]c3ccccc23)N2CCN(c3ccccc3)CC2)cc1. The Kier molecular flexibility index (Phi) is 6.34. The van der Waals surface area contributed by atoms with Crippen LogP contribution >= 0.6 is 0 Å². The second kappa shape index (κ2) is 9.71. The van der Waals surface area contributed by atoms with Crippen molar-refractivity contribution in [2.45, 2.75) is 12.1 Å². The maximum Gasteiger partial charge on any atom is 0.187 e. The molecule has 1 aliphatic rings.